The van der Waals surface area contributed by atoms with Crippen molar-refractivity contribution in [3.8, 4) is 0 Å². The Morgan fingerprint density at radius 1 is 1.00 bits per heavy atom. The first-order valence-corrected chi connectivity index (χ1v) is 8.48. The van der Waals surface area contributed by atoms with Crippen molar-refractivity contribution in [3.05, 3.63) is 58.8 Å². The number of thiophene rings is 2. The molecule has 0 atom stereocenters. The molecule has 2 nitrogen and oxygen atoms in total. The first kappa shape index (κ1) is 12.7. The first-order chi connectivity index (χ1) is 10.3. The molecule has 0 aliphatic carbocycles. The largest absolute Gasteiger partial charge is 0.398 e. The number of nitrogen functional groups attached to an aromatic ring is 1. The van der Waals surface area contributed by atoms with Crippen molar-refractivity contribution >= 4 is 54.2 Å². The molecule has 0 unspecified atom stereocenters. The topological polar surface area (TPSA) is 38.0 Å². The van der Waals surface area contributed by atoms with E-state index in [1.54, 1.807) is 22.7 Å². The summed E-state index contributed by atoms with van der Waals surface area (Å²) >= 11 is 3.57. The Bertz CT molecular complexity index is 907. The lowest BCUT2D eigenvalue weighted by atomic mass is 10.1. The molecule has 4 heteroatoms. The third kappa shape index (κ3) is 2.17. The Morgan fingerprint density at radius 3 is 2.76 bits per heavy atom. The summed E-state index contributed by atoms with van der Waals surface area (Å²) in [5.74, 6) is 0. The summed E-state index contributed by atoms with van der Waals surface area (Å²) in [4.78, 5) is 1.33. The molecule has 0 saturated carbocycles. The van der Waals surface area contributed by atoms with E-state index in [1.165, 1.54) is 25.0 Å². The molecule has 3 N–H and O–H groups in total. The molecule has 104 valence electrons. The maximum absolute atomic E-state index is 6.21. The minimum Gasteiger partial charge on any atom is -0.398 e. The summed E-state index contributed by atoms with van der Waals surface area (Å²) < 4.78 is 2.53. The van der Waals surface area contributed by atoms with E-state index in [2.05, 4.69) is 53.2 Å². The molecule has 0 fully saturated rings. The van der Waals surface area contributed by atoms with Crippen molar-refractivity contribution in [2.75, 3.05) is 11.1 Å². The van der Waals surface area contributed by atoms with Gasteiger partial charge >= 0.3 is 0 Å². The summed E-state index contributed by atoms with van der Waals surface area (Å²) in [5.41, 5.74) is 8.22. The quantitative estimate of drug-likeness (QED) is 0.503. The zero-order valence-corrected chi connectivity index (χ0v) is 12.9. The molecule has 21 heavy (non-hydrogen) atoms. The van der Waals surface area contributed by atoms with E-state index in [4.69, 9.17) is 5.73 Å². The molecule has 0 bridgehead atoms. The number of nitrogens with two attached hydrogens (primary N) is 1. The van der Waals surface area contributed by atoms with Crippen molar-refractivity contribution in [2.45, 2.75) is 6.54 Å². The van der Waals surface area contributed by atoms with Crippen LogP contribution in [0.3, 0.4) is 0 Å². The molecule has 0 saturated heterocycles. The van der Waals surface area contributed by atoms with Crippen LogP contribution in [-0.2, 0) is 6.54 Å². The number of hydrogen-bond donors (Lipinski definition) is 2. The van der Waals surface area contributed by atoms with E-state index in [-0.39, 0.29) is 0 Å². The van der Waals surface area contributed by atoms with E-state index >= 15 is 0 Å². The second kappa shape index (κ2) is 5.06. The molecular formula is C17H14N2S2. The number of benzene rings is 2. The highest BCUT2D eigenvalue weighted by atomic mass is 32.1. The number of fused-ring (bicyclic) bond motifs is 3. The van der Waals surface area contributed by atoms with Gasteiger partial charge in [-0.2, -0.15) is 0 Å². The third-order valence-corrected chi connectivity index (χ3v) is 5.67. The van der Waals surface area contributed by atoms with Gasteiger partial charge in [0.2, 0.25) is 0 Å². The van der Waals surface area contributed by atoms with Crippen LogP contribution in [0, 0.1) is 0 Å². The predicted octanol–water partition coefficient (Wildman–Crippen LogP) is 5.31. The van der Waals surface area contributed by atoms with E-state index in [9.17, 15) is 0 Å². The van der Waals surface area contributed by atoms with Crippen molar-refractivity contribution in [1.82, 2.24) is 0 Å². The number of hydrogen-bond acceptors (Lipinski definition) is 4. The third-order valence-electron chi connectivity index (χ3n) is 3.59. The standard InChI is InChI=1S/C17H14N2S2/c18-13-7-8-14(19-10-11-4-3-9-20-11)17-16(13)12-5-1-2-6-15(12)21-17/h1-9,19H,10,18H2. The van der Waals surface area contributed by atoms with Crippen LogP contribution in [0.25, 0.3) is 20.2 Å². The lowest BCUT2D eigenvalue weighted by Crippen LogP contribution is -1.98. The van der Waals surface area contributed by atoms with Crippen LogP contribution in [-0.4, -0.2) is 0 Å². The second-order valence-corrected chi connectivity index (χ2v) is 7.02. The summed E-state index contributed by atoms with van der Waals surface area (Å²) in [7, 11) is 0. The second-order valence-electron chi connectivity index (χ2n) is 4.94. The molecule has 0 radical (unpaired) electrons. The van der Waals surface area contributed by atoms with Gasteiger partial charge < -0.3 is 11.1 Å². The SMILES string of the molecule is Nc1ccc(NCc2cccs2)c2sc3ccccc3c12. The Morgan fingerprint density at radius 2 is 1.90 bits per heavy atom. The highest BCUT2D eigenvalue weighted by Gasteiger charge is 2.11. The maximum Gasteiger partial charge on any atom is 0.0607 e. The van der Waals surface area contributed by atoms with Gasteiger partial charge in [-0.05, 0) is 29.6 Å². The Balaban J connectivity index is 1.84. The van der Waals surface area contributed by atoms with Gasteiger partial charge in [0.25, 0.3) is 0 Å². The zero-order valence-electron chi connectivity index (χ0n) is 11.3. The number of rotatable bonds is 3. The number of nitrogens with one attached hydrogen (secondary N) is 1. The van der Waals surface area contributed by atoms with Crippen LogP contribution in [0.15, 0.2) is 53.9 Å². The highest BCUT2D eigenvalue weighted by Crippen LogP contribution is 2.41. The summed E-state index contributed by atoms with van der Waals surface area (Å²) in [5, 5.41) is 8.07. The molecule has 0 aliphatic rings. The van der Waals surface area contributed by atoms with Gasteiger partial charge in [0.1, 0.15) is 0 Å². The lowest BCUT2D eigenvalue weighted by Gasteiger charge is -2.07. The Hall–Kier alpha value is -2.04. The highest BCUT2D eigenvalue weighted by molar-refractivity contribution is 7.26. The summed E-state index contributed by atoms with van der Waals surface area (Å²) in [6.07, 6.45) is 0. The van der Waals surface area contributed by atoms with Gasteiger partial charge in [-0.1, -0.05) is 24.3 Å². The summed E-state index contributed by atoms with van der Waals surface area (Å²) in [6.45, 7) is 0.852. The van der Waals surface area contributed by atoms with E-state index in [0.29, 0.717) is 0 Å². The van der Waals surface area contributed by atoms with Crippen molar-refractivity contribution in [1.29, 1.82) is 0 Å². The minimum atomic E-state index is 0.851. The molecule has 2 aromatic carbocycles. The van der Waals surface area contributed by atoms with Crippen LogP contribution >= 0.6 is 22.7 Å². The fourth-order valence-corrected chi connectivity index (χ4v) is 4.46. The van der Waals surface area contributed by atoms with Gasteiger partial charge in [-0.15, -0.1) is 22.7 Å². The predicted molar refractivity (Wildman–Crippen MR) is 95.4 cm³/mol. The molecular weight excluding hydrogens is 296 g/mol. The van der Waals surface area contributed by atoms with Crippen LogP contribution in [0.1, 0.15) is 4.88 Å². The van der Waals surface area contributed by atoms with Crippen LogP contribution in [0.2, 0.25) is 0 Å². The molecule has 4 rings (SSSR count). The van der Waals surface area contributed by atoms with Gasteiger partial charge in [-0.25, -0.2) is 0 Å². The molecule has 0 amide bonds. The average Bonchev–Trinajstić information content (AvgIpc) is 3.14. The van der Waals surface area contributed by atoms with E-state index in [1.807, 2.05) is 6.07 Å². The van der Waals surface area contributed by atoms with Gasteiger partial charge in [0.05, 0.1) is 10.4 Å². The molecule has 0 aliphatic heterocycles. The minimum absolute atomic E-state index is 0.851. The fourth-order valence-electron chi connectivity index (χ4n) is 2.59. The monoisotopic (exact) mass is 310 g/mol. The fraction of sp³-hybridized carbons (Fsp3) is 0.0588. The normalized spacial score (nSPS) is 11.2. The summed E-state index contributed by atoms with van der Waals surface area (Å²) in [6, 6.07) is 16.8. The lowest BCUT2D eigenvalue weighted by molar-refractivity contribution is 1.20. The smallest absolute Gasteiger partial charge is 0.0607 e. The molecule has 0 spiro atoms. The zero-order chi connectivity index (χ0) is 14.2. The number of anilines is 2. The Labute approximate surface area is 130 Å². The van der Waals surface area contributed by atoms with Crippen molar-refractivity contribution in [2.24, 2.45) is 0 Å². The molecule has 2 aromatic heterocycles. The van der Waals surface area contributed by atoms with E-state index < -0.39 is 0 Å². The molecule has 4 aromatic rings. The van der Waals surface area contributed by atoms with Gasteiger partial charge in [-0.3, -0.25) is 0 Å². The molecule has 2 heterocycles. The van der Waals surface area contributed by atoms with Gasteiger partial charge in [0, 0.05) is 32.6 Å². The van der Waals surface area contributed by atoms with Crippen LogP contribution in [0.4, 0.5) is 11.4 Å². The Kier molecular flexibility index (Phi) is 3.05. The van der Waals surface area contributed by atoms with Gasteiger partial charge in [0.15, 0.2) is 0 Å². The van der Waals surface area contributed by atoms with Crippen molar-refractivity contribution < 1.29 is 0 Å². The van der Waals surface area contributed by atoms with E-state index in [0.717, 1.165) is 17.9 Å². The van der Waals surface area contributed by atoms with Crippen LogP contribution in [0.5, 0.6) is 0 Å². The van der Waals surface area contributed by atoms with Crippen LogP contribution < -0.4 is 11.1 Å². The first-order valence-electron chi connectivity index (χ1n) is 6.79. The van der Waals surface area contributed by atoms with Crippen molar-refractivity contribution in [3.63, 3.8) is 0 Å². The maximum atomic E-state index is 6.21. The average molecular weight is 310 g/mol.